The lowest BCUT2D eigenvalue weighted by atomic mass is 10.0. The number of aromatic nitrogens is 4. The SMILES string of the molecule is CNCCCn1c2ccccc2c2c3c[nH][nH]c3c3c4ccccc4nc3c21. The van der Waals surface area contributed by atoms with Gasteiger partial charge >= 0.3 is 0 Å². The van der Waals surface area contributed by atoms with Gasteiger partial charge in [0.1, 0.15) is 0 Å². The maximum absolute atomic E-state index is 5.09. The molecule has 0 aliphatic heterocycles. The number of hydrogen-bond donors (Lipinski definition) is 3. The lowest BCUT2D eigenvalue weighted by molar-refractivity contribution is 0.639. The van der Waals surface area contributed by atoms with Crippen LogP contribution in [-0.2, 0) is 6.54 Å². The van der Waals surface area contributed by atoms with E-state index in [1.807, 2.05) is 7.05 Å². The second kappa shape index (κ2) is 5.84. The van der Waals surface area contributed by atoms with E-state index in [9.17, 15) is 0 Å². The van der Waals surface area contributed by atoms with Crippen LogP contribution in [0.2, 0.25) is 0 Å². The van der Waals surface area contributed by atoms with E-state index >= 15 is 0 Å². The van der Waals surface area contributed by atoms with Crippen molar-refractivity contribution >= 4 is 54.5 Å². The summed E-state index contributed by atoms with van der Waals surface area (Å²) < 4.78 is 2.46. The summed E-state index contributed by atoms with van der Waals surface area (Å²) >= 11 is 0. The standard InChI is InChI=1S/C23H21N5/c1-24-11-6-12-28-18-10-5-3-8-15(18)19-16-13-25-27-21(16)20-14-7-2-4-9-17(14)26-22(20)23(19)28/h2-5,7-10,13,24-25,27H,6,11-12H2,1H3. The second-order valence-electron chi connectivity index (χ2n) is 7.40. The fourth-order valence-corrected chi connectivity index (χ4v) is 4.69. The first-order valence-electron chi connectivity index (χ1n) is 9.80. The highest BCUT2D eigenvalue weighted by Crippen LogP contribution is 2.42. The van der Waals surface area contributed by atoms with Crippen molar-refractivity contribution in [3.63, 3.8) is 0 Å². The molecule has 6 aromatic rings. The Morgan fingerprint density at radius 2 is 1.79 bits per heavy atom. The first kappa shape index (κ1) is 15.7. The molecule has 5 heteroatoms. The predicted octanol–water partition coefficient (Wildman–Crippen LogP) is 4.91. The van der Waals surface area contributed by atoms with Gasteiger partial charge in [0.15, 0.2) is 0 Å². The van der Waals surface area contributed by atoms with Crippen LogP contribution in [0.4, 0.5) is 0 Å². The van der Waals surface area contributed by atoms with E-state index in [2.05, 4.69) is 74.8 Å². The van der Waals surface area contributed by atoms with Gasteiger partial charge in [-0.15, -0.1) is 0 Å². The predicted molar refractivity (Wildman–Crippen MR) is 117 cm³/mol. The Kier molecular flexibility index (Phi) is 3.28. The third-order valence-corrected chi connectivity index (χ3v) is 5.85. The average Bonchev–Trinajstić information content (AvgIpc) is 3.41. The number of hydrogen-bond acceptors (Lipinski definition) is 2. The monoisotopic (exact) mass is 367 g/mol. The van der Waals surface area contributed by atoms with Crippen LogP contribution in [0.3, 0.4) is 0 Å². The molecule has 28 heavy (non-hydrogen) atoms. The summed E-state index contributed by atoms with van der Waals surface area (Å²) in [6.45, 7) is 1.95. The van der Waals surface area contributed by atoms with Crippen LogP contribution in [0.5, 0.6) is 0 Å². The second-order valence-corrected chi connectivity index (χ2v) is 7.40. The van der Waals surface area contributed by atoms with Crippen molar-refractivity contribution in [3.8, 4) is 0 Å². The molecular formula is C23H21N5. The van der Waals surface area contributed by atoms with Crippen LogP contribution in [0.1, 0.15) is 6.42 Å². The number of H-pyrrole nitrogens is 2. The number of aryl methyl sites for hydroxylation is 1. The van der Waals surface area contributed by atoms with Gasteiger partial charge in [-0.05, 0) is 32.1 Å². The quantitative estimate of drug-likeness (QED) is 0.388. The number of nitrogens with zero attached hydrogens (tertiary/aromatic N) is 2. The molecular weight excluding hydrogens is 346 g/mol. The highest BCUT2D eigenvalue weighted by molar-refractivity contribution is 6.34. The molecule has 3 N–H and O–H groups in total. The molecule has 0 amide bonds. The molecule has 0 saturated carbocycles. The summed E-state index contributed by atoms with van der Waals surface area (Å²) in [7, 11) is 2.01. The molecule has 138 valence electrons. The zero-order valence-corrected chi connectivity index (χ0v) is 15.7. The topological polar surface area (TPSA) is 61.4 Å². The summed E-state index contributed by atoms with van der Waals surface area (Å²) in [5, 5.41) is 16.1. The normalized spacial score (nSPS) is 12.3. The molecule has 0 aliphatic carbocycles. The van der Waals surface area contributed by atoms with Gasteiger partial charge in [0.25, 0.3) is 0 Å². The van der Waals surface area contributed by atoms with Gasteiger partial charge in [0.05, 0.1) is 22.1 Å². The van der Waals surface area contributed by atoms with E-state index in [0.717, 1.165) is 36.1 Å². The Bertz CT molecular complexity index is 1480. The van der Waals surface area contributed by atoms with Crippen molar-refractivity contribution in [1.82, 2.24) is 25.1 Å². The maximum atomic E-state index is 5.09. The van der Waals surface area contributed by atoms with Crippen LogP contribution >= 0.6 is 0 Å². The van der Waals surface area contributed by atoms with Crippen LogP contribution < -0.4 is 5.32 Å². The molecule has 5 nitrogen and oxygen atoms in total. The molecule has 0 radical (unpaired) electrons. The van der Waals surface area contributed by atoms with Crippen molar-refractivity contribution < 1.29 is 0 Å². The van der Waals surface area contributed by atoms with Crippen molar-refractivity contribution in [2.75, 3.05) is 13.6 Å². The maximum Gasteiger partial charge on any atom is 0.0981 e. The van der Waals surface area contributed by atoms with Crippen LogP contribution in [0.25, 0.3) is 54.5 Å². The van der Waals surface area contributed by atoms with E-state index in [1.54, 1.807) is 0 Å². The first-order valence-corrected chi connectivity index (χ1v) is 9.80. The molecule has 0 fully saturated rings. The van der Waals surface area contributed by atoms with Crippen molar-refractivity contribution in [1.29, 1.82) is 0 Å². The fraction of sp³-hybridized carbons (Fsp3) is 0.174. The number of aromatic amines is 2. The Morgan fingerprint density at radius 1 is 0.964 bits per heavy atom. The highest BCUT2D eigenvalue weighted by Gasteiger charge is 2.21. The van der Waals surface area contributed by atoms with Gasteiger partial charge < -0.3 is 20.1 Å². The molecule has 6 rings (SSSR count). The molecule has 0 aliphatic rings. The van der Waals surface area contributed by atoms with Gasteiger partial charge in [-0.3, -0.25) is 0 Å². The van der Waals surface area contributed by atoms with E-state index in [4.69, 9.17) is 4.98 Å². The summed E-state index contributed by atoms with van der Waals surface area (Å²) in [5.74, 6) is 0. The fourth-order valence-electron chi connectivity index (χ4n) is 4.69. The van der Waals surface area contributed by atoms with Gasteiger partial charge in [-0.25, -0.2) is 4.98 Å². The lowest BCUT2D eigenvalue weighted by Crippen LogP contribution is -2.11. The summed E-state index contributed by atoms with van der Waals surface area (Å²) in [5.41, 5.74) is 5.78. The van der Waals surface area contributed by atoms with Gasteiger partial charge in [0.2, 0.25) is 0 Å². The van der Waals surface area contributed by atoms with Crippen LogP contribution in [-0.4, -0.2) is 33.3 Å². The van der Waals surface area contributed by atoms with E-state index in [1.165, 1.54) is 38.0 Å². The minimum atomic E-state index is 0.961. The molecule has 3 aromatic carbocycles. The number of rotatable bonds is 4. The van der Waals surface area contributed by atoms with Crippen molar-refractivity contribution in [2.24, 2.45) is 0 Å². The summed E-state index contributed by atoms with van der Waals surface area (Å²) in [4.78, 5) is 5.09. The lowest BCUT2D eigenvalue weighted by Gasteiger charge is -2.08. The van der Waals surface area contributed by atoms with E-state index in [-0.39, 0.29) is 0 Å². The first-order chi connectivity index (χ1) is 13.9. The highest BCUT2D eigenvalue weighted by atomic mass is 15.1. The van der Waals surface area contributed by atoms with Crippen LogP contribution in [0, 0.1) is 0 Å². The Morgan fingerprint density at radius 3 is 2.68 bits per heavy atom. The van der Waals surface area contributed by atoms with Gasteiger partial charge in [-0.2, -0.15) is 0 Å². The molecule has 3 aromatic heterocycles. The van der Waals surface area contributed by atoms with Gasteiger partial charge in [0, 0.05) is 45.2 Å². The third kappa shape index (κ3) is 1.97. The number of para-hydroxylation sites is 2. The van der Waals surface area contributed by atoms with Crippen molar-refractivity contribution in [3.05, 3.63) is 54.7 Å². The van der Waals surface area contributed by atoms with Crippen molar-refractivity contribution in [2.45, 2.75) is 13.0 Å². The number of benzene rings is 3. The molecule has 0 spiro atoms. The van der Waals surface area contributed by atoms with Crippen LogP contribution in [0.15, 0.2) is 54.7 Å². The third-order valence-electron chi connectivity index (χ3n) is 5.85. The zero-order valence-electron chi connectivity index (χ0n) is 15.7. The van der Waals surface area contributed by atoms with Gasteiger partial charge in [-0.1, -0.05) is 36.4 Å². The number of fused-ring (bicyclic) bond motifs is 10. The molecule has 0 saturated heterocycles. The minimum absolute atomic E-state index is 0.961. The molecule has 3 heterocycles. The van der Waals surface area contributed by atoms with E-state index < -0.39 is 0 Å². The minimum Gasteiger partial charge on any atom is -0.339 e. The molecule has 0 bridgehead atoms. The Labute approximate surface area is 161 Å². The number of nitrogens with one attached hydrogen (secondary N) is 3. The largest absolute Gasteiger partial charge is 0.339 e. The summed E-state index contributed by atoms with van der Waals surface area (Å²) in [6, 6.07) is 17.1. The Hall–Kier alpha value is -3.31. The van der Waals surface area contributed by atoms with E-state index in [0.29, 0.717) is 0 Å². The summed E-state index contributed by atoms with van der Waals surface area (Å²) in [6.07, 6.45) is 3.16. The smallest absolute Gasteiger partial charge is 0.0981 e. The average molecular weight is 367 g/mol. The Balaban J connectivity index is 1.88. The molecule has 0 atom stereocenters. The zero-order chi connectivity index (χ0) is 18.7. The molecule has 0 unspecified atom stereocenters.